The molecule has 0 saturated carbocycles. The Morgan fingerprint density at radius 3 is 1.82 bits per heavy atom. The summed E-state index contributed by atoms with van der Waals surface area (Å²) >= 11 is 2.33. The van der Waals surface area contributed by atoms with Crippen LogP contribution in [0.4, 0.5) is 0 Å². The Kier molecular flexibility index (Phi) is 14.9. The standard InChI is InChI=1S/C22H35NO9S2/c1-14(26)33-12-16-3-4-18(7-17(16)13-34-15(2)27)32-6-5-23(8-19(28)21(30)10-24)9-20(29)22(31)11-25/h3-4,7,19-22,24-25,28-31H,5-6,8-13H2,1-2H3/t19-,20-,21+,22+/m0/s1. The second-order valence-electron chi connectivity index (χ2n) is 7.73. The minimum absolute atomic E-state index is 0.00685. The third-order valence-electron chi connectivity index (χ3n) is 4.87. The van der Waals surface area contributed by atoms with E-state index in [4.69, 9.17) is 14.9 Å². The molecule has 0 saturated heterocycles. The van der Waals surface area contributed by atoms with E-state index in [-0.39, 0.29) is 36.5 Å². The molecule has 1 rings (SSSR count). The third kappa shape index (κ3) is 12.0. The summed E-state index contributed by atoms with van der Waals surface area (Å²) in [7, 11) is 0. The Balaban J connectivity index is 2.84. The monoisotopic (exact) mass is 521 g/mol. The topological polar surface area (TPSA) is 168 Å². The fourth-order valence-electron chi connectivity index (χ4n) is 2.89. The maximum Gasteiger partial charge on any atom is 0.186 e. The zero-order chi connectivity index (χ0) is 25.7. The lowest BCUT2D eigenvalue weighted by atomic mass is 10.1. The van der Waals surface area contributed by atoms with Gasteiger partial charge in [-0.3, -0.25) is 14.5 Å². The molecule has 0 aliphatic heterocycles. The van der Waals surface area contributed by atoms with Crippen LogP contribution in [0.3, 0.4) is 0 Å². The van der Waals surface area contributed by atoms with Crippen molar-refractivity contribution in [2.45, 2.75) is 49.8 Å². The Morgan fingerprint density at radius 2 is 1.35 bits per heavy atom. The quantitative estimate of drug-likeness (QED) is 0.163. The van der Waals surface area contributed by atoms with E-state index in [1.807, 2.05) is 6.07 Å². The average Bonchev–Trinajstić information content (AvgIpc) is 2.80. The van der Waals surface area contributed by atoms with Gasteiger partial charge in [-0.1, -0.05) is 29.6 Å². The van der Waals surface area contributed by atoms with Crippen molar-refractivity contribution in [2.24, 2.45) is 0 Å². The van der Waals surface area contributed by atoms with Crippen molar-refractivity contribution in [3.05, 3.63) is 29.3 Å². The molecular formula is C22H35NO9S2. The minimum atomic E-state index is -1.37. The molecule has 12 heteroatoms. The summed E-state index contributed by atoms with van der Waals surface area (Å²) in [6.45, 7) is 1.81. The van der Waals surface area contributed by atoms with Gasteiger partial charge in [-0.2, -0.15) is 0 Å². The van der Waals surface area contributed by atoms with E-state index in [0.29, 0.717) is 17.3 Å². The Bertz CT molecular complexity index is 750. The summed E-state index contributed by atoms with van der Waals surface area (Å²) in [6, 6.07) is 5.38. The van der Waals surface area contributed by atoms with Crippen LogP contribution in [0.1, 0.15) is 25.0 Å². The number of nitrogens with zero attached hydrogens (tertiary/aromatic N) is 1. The first-order valence-electron chi connectivity index (χ1n) is 10.7. The molecule has 6 N–H and O–H groups in total. The van der Waals surface area contributed by atoms with Crippen molar-refractivity contribution in [3.8, 4) is 5.75 Å². The molecule has 34 heavy (non-hydrogen) atoms. The molecule has 1 aromatic carbocycles. The second kappa shape index (κ2) is 16.5. The Morgan fingerprint density at radius 1 is 0.853 bits per heavy atom. The van der Waals surface area contributed by atoms with Crippen LogP contribution in [0.2, 0.25) is 0 Å². The summed E-state index contributed by atoms with van der Waals surface area (Å²) in [6.07, 6.45) is -5.33. The van der Waals surface area contributed by atoms with E-state index in [1.54, 1.807) is 12.1 Å². The van der Waals surface area contributed by atoms with Crippen molar-refractivity contribution in [3.63, 3.8) is 0 Å². The number of aliphatic hydroxyl groups is 6. The van der Waals surface area contributed by atoms with Crippen molar-refractivity contribution in [1.82, 2.24) is 4.90 Å². The minimum Gasteiger partial charge on any atom is -0.492 e. The lowest BCUT2D eigenvalue weighted by molar-refractivity contribution is -0.109. The highest BCUT2D eigenvalue weighted by Gasteiger charge is 2.24. The normalized spacial score (nSPS) is 15.1. The largest absolute Gasteiger partial charge is 0.492 e. The molecule has 0 radical (unpaired) electrons. The maximum atomic E-state index is 11.4. The lowest BCUT2D eigenvalue weighted by Gasteiger charge is -2.29. The number of thioether (sulfide) groups is 2. The number of rotatable bonds is 16. The van der Waals surface area contributed by atoms with Crippen molar-refractivity contribution < 1.29 is 45.0 Å². The number of ether oxygens (including phenoxy) is 1. The van der Waals surface area contributed by atoms with Gasteiger partial charge < -0.3 is 35.4 Å². The van der Waals surface area contributed by atoms with Crippen LogP contribution >= 0.6 is 23.5 Å². The molecule has 0 aliphatic carbocycles. The summed E-state index contributed by atoms with van der Waals surface area (Å²) in [5.74, 6) is 1.44. The van der Waals surface area contributed by atoms with Crippen LogP contribution in [0.25, 0.3) is 0 Å². The smallest absolute Gasteiger partial charge is 0.186 e. The summed E-state index contributed by atoms with van der Waals surface area (Å²) in [4.78, 5) is 24.3. The molecule has 0 unspecified atom stereocenters. The first-order chi connectivity index (χ1) is 16.1. The van der Waals surface area contributed by atoms with Crippen molar-refractivity contribution in [1.29, 1.82) is 0 Å². The first-order valence-corrected chi connectivity index (χ1v) is 12.7. The predicted molar refractivity (Wildman–Crippen MR) is 131 cm³/mol. The first kappa shape index (κ1) is 30.8. The fourth-order valence-corrected chi connectivity index (χ4v) is 4.16. The SMILES string of the molecule is CC(=O)SCc1ccc(OCCN(C[C@H](O)[C@H](O)CO)C[C@H](O)[C@H](O)CO)cc1CSC(C)=O. The zero-order valence-corrected chi connectivity index (χ0v) is 21.0. The molecule has 0 fully saturated rings. The summed E-state index contributed by atoms with van der Waals surface area (Å²) in [5.41, 5.74) is 1.79. The van der Waals surface area contributed by atoms with Gasteiger partial charge in [-0.05, 0) is 23.3 Å². The zero-order valence-electron chi connectivity index (χ0n) is 19.4. The van der Waals surface area contributed by atoms with Gasteiger partial charge in [0.2, 0.25) is 0 Å². The maximum absolute atomic E-state index is 11.4. The van der Waals surface area contributed by atoms with Gasteiger partial charge in [0.15, 0.2) is 10.2 Å². The summed E-state index contributed by atoms with van der Waals surface area (Å²) in [5, 5.41) is 57.4. The van der Waals surface area contributed by atoms with E-state index in [1.165, 1.54) is 30.5 Å². The van der Waals surface area contributed by atoms with Crippen LogP contribution in [0.15, 0.2) is 18.2 Å². The summed E-state index contributed by atoms with van der Waals surface area (Å²) < 4.78 is 5.80. The molecule has 0 aromatic heterocycles. The molecule has 10 nitrogen and oxygen atoms in total. The van der Waals surface area contributed by atoms with Crippen LogP contribution < -0.4 is 4.74 Å². The van der Waals surface area contributed by atoms with Gasteiger partial charge in [0.25, 0.3) is 0 Å². The second-order valence-corrected chi connectivity index (χ2v) is 10.0. The number of carbonyl (C=O) groups is 2. The molecule has 0 spiro atoms. The molecule has 194 valence electrons. The molecule has 4 atom stereocenters. The molecule has 0 bridgehead atoms. The van der Waals surface area contributed by atoms with E-state index in [2.05, 4.69) is 0 Å². The third-order valence-corrected chi connectivity index (χ3v) is 6.59. The Labute approximate surface area is 207 Å². The van der Waals surface area contributed by atoms with Crippen molar-refractivity contribution >= 4 is 33.8 Å². The van der Waals surface area contributed by atoms with E-state index in [0.717, 1.165) is 22.9 Å². The van der Waals surface area contributed by atoms with E-state index in [9.17, 15) is 30.0 Å². The van der Waals surface area contributed by atoms with Crippen LogP contribution in [0.5, 0.6) is 5.75 Å². The van der Waals surface area contributed by atoms with Crippen LogP contribution in [0, 0.1) is 0 Å². The number of carbonyl (C=O) groups excluding carboxylic acids is 2. The van der Waals surface area contributed by atoms with Crippen molar-refractivity contribution in [2.75, 3.05) is 39.5 Å². The van der Waals surface area contributed by atoms with Crippen LogP contribution in [-0.4, -0.2) is 110 Å². The number of hydrogen-bond acceptors (Lipinski definition) is 12. The van der Waals surface area contributed by atoms with E-state index >= 15 is 0 Å². The highest BCUT2D eigenvalue weighted by molar-refractivity contribution is 8.13. The van der Waals surface area contributed by atoms with Gasteiger partial charge in [-0.25, -0.2) is 0 Å². The number of benzene rings is 1. The highest BCUT2D eigenvalue weighted by Crippen LogP contribution is 2.26. The van der Waals surface area contributed by atoms with Gasteiger partial charge >= 0.3 is 0 Å². The molecule has 0 heterocycles. The molecule has 1 aromatic rings. The van der Waals surface area contributed by atoms with Crippen LogP contribution in [-0.2, 0) is 21.1 Å². The number of hydrogen-bond donors (Lipinski definition) is 6. The lowest BCUT2D eigenvalue weighted by Crippen LogP contribution is -2.47. The Hall–Kier alpha value is -1.22. The molecule has 0 amide bonds. The average molecular weight is 522 g/mol. The highest BCUT2D eigenvalue weighted by atomic mass is 32.2. The van der Waals surface area contributed by atoms with Gasteiger partial charge in [-0.15, -0.1) is 0 Å². The molecule has 0 aliphatic rings. The van der Waals surface area contributed by atoms with Gasteiger partial charge in [0.05, 0.1) is 25.4 Å². The van der Waals surface area contributed by atoms with Gasteiger partial charge in [0.1, 0.15) is 24.6 Å². The number of aliphatic hydroxyl groups excluding tert-OH is 6. The molecular weight excluding hydrogens is 486 g/mol. The van der Waals surface area contributed by atoms with E-state index < -0.39 is 37.6 Å². The van der Waals surface area contributed by atoms with Gasteiger partial charge in [0, 0.05) is 45.0 Å². The fraction of sp³-hybridized carbons (Fsp3) is 0.636. The predicted octanol–water partition coefficient (Wildman–Crippen LogP) is -0.645.